The summed E-state index contributed by atoms with van der Waals surface area (Å²) < 4.78 is 27.5. The van der Waals surface area contributed by atoms with Gasteiger partial charge in [0.15, 0.2) is 0 Å². The van der Waals surface area contributed by atoms with E-state index in [-0.39, 0.29) is 6.04 Å². The normalized spacial score (nSPS) is 12.2. The number of nitrogens with one attached hydrogen (secondary N) is 3. The Morgan fingerprint density at radius 3 is 2.80 bits per heavy atom. The van der Waals surface area contributed by atoms with Crippen molar-refractivity contribution in [1.82, 2.24) is 19.4 Å². The molecule has 1 aromatic rings. The lowest BCUT2D eigenvalue weighted by molar-refractivity contribution is 0.554. The Morgan fingerprint density at radius 1 is 1.53 bits per heavy atom. The Hall–Kier alpha value is -0.920. The quantitative estimate of drug-likeness (QED) is 0.634. The number of hydrogen-bond acceptors (Lipinski definition) is 3. The lowest BCUT2D eigenvalue weighted by Gasteiger charge is -2.09. The van der Waals surface area contributed by atoms with Crippen LogP contribution in [0.2, 0.25) is 0 Å². The smallest absolute Gasteiger partial charge is 0.277 e. The standard InChI is InChI=1S/C8H16N4O2S/c1-7(2)12-15(13,14)11-4-3-8-9-5-6-10-8/h5-7,11-12H,3-4H2,1-2H3,(H,9,10). The van der Waals surface area contributed by atoms with Crippen LogP contribution in [0.4, 0.5) is 0 Å². The highest BCUT2D eigenvalue weighted by atomic mass is 32.2. The van der Waals surface area contributed by atoms with E-state index in [0.717, 1.165) is 5.82 Å². The molecule has 0 aliphatic carbocycles. The molecule has 0 radical (unpaired) electrons. The van der Waals surface area contributed by atoms with Crippen molar-refractivity contribution in [1.29, 1.82) is 0 Å². The van der Waals surface area contributed by atoms with Crippen LogP contribution < -0.4 is 9.44 Å². The van der Waals surface area contributed by atoms with Gasteiger partial charge in [0, 0.05) is 31.4 Å². The van der Waals surface area contributed by atoms with Gasteiger partial charge in [-0.3, -0.25) is 0 Å². The maximum atomic E-state index is 11.3. The Balaban J connectivity index is 2.31. The molecule has 0 bridgehead atoms. The van der Waals surface area contributed by atoms with Gasteiger partial charge in [-0.15, -0.1) is 0 Å². The van der Waals surface area contributed by atoms with Gasteiger partial charge < -0.3 is 4.98 Å². The fraction of sp³-hybridized carbons (Fsp3) is 0.625. The first-order valence-electron chi connectivity index (χ1n) is 4.75. The van der Waals surface area contributed by atoms with Crippen molar-refractivity contribution in [3.8, 4) is 0 Å². The summed E-state index contributed by atoms with van der Waals surface area (Å²) in [5.74, 6) is 0.766. The molecule has 0 fully saturated rings. The SMILES string of the molecule is CC(C)NS(=O)(=O)NCCc1ncc[nH]1. The van der Waals surface area contributed by atoms with E-state index in [1.54, 1.807) is 26.2 Å². The van der Waals surface area contributed by atoms with Gasteiger partial charge in [0.25, 0.3) is 10.2 Å². The highest BCUT2D eigenvalue weighted by molar-refractivity contribution is 7.87. The molecule has 0 amide bonds. The Morgan fingerprint density at radius 2 is 2.27 bits per heavy atom. The average Bonchev–Trinajstić information content (AvgIpc) is 2.53. The van der Waals surface area contributed by atoms with Crippen LogP contribution in [-0.2, 0) is 16.6 Å². The van der Waals surface area contributed by atoms with E-state index < -0.39 is 10.2 Å². The molecule has 3 N–H and O–H groups in total. The number of rotatable bonds is 6. The van der Waals surface area contributed by atoms with Crippen LogP contribution >= 0.6 is 0 Å². The molecule has 0 aromatic carbocycles. The molecular formula is C8H16N4O2S. The molecule has 1 rings (SSSR count). The van der Waals surface area contributed by atoms with Gasteiger partial charge in [0.1, 0.15) is 5.82 Å². The van der Waals surface area contributed by atoms with Crippen molar-refractivity contribution >= 4 is 10.2 Å². The zero-order chi connectivity index (χ0) is 11.3. The minimum Gasteiger partial charge on any atom is -0.349 e. The molecule has 1 heterocycles. The second kappa shape index (κ2) is 5.24. The van der Waals surface area contributed by atoms with E-state index in [2.05, 4.69) is 19.4 Å². The van der Waals surface area contributed by atoms with Crippen molar-refractivity contribution in [3.63, 3.8) is 0 Å². The summed E-state index contributed by atoms with van der Waals surface area (Å²) in [5.41, 5.74) is 0. The second-order valence-corrected chi connectivity index (χ2v) is 4.99. The van der Waals surface area contributed by atoms with Crippen LogP contribution in [0.1, 0.15) is 19.7 Å². The monoisotopic (exact) mass is 232 g/mol. The van der Waals surface area contributed by atoms with Crippen LogP contribution in [0.5, 0.6) is 0 Å². The van der Waals surface area contributed by atoms with E-state index in [1.165, 1.54) is 0 Å². The van der Waals surface area contributed by atoms with Crippen molar-refractivity contribution in [3.05, 3.63) is 18.2 Å². The van der Waals surface area contributed by atoms with Gasteiger partial charge >= 0.3 is 0 Å². The van der Waals surface area contributed by atoms with E-state index in [4.69, 9.17) is 0 Å². The number of hydrogen-bond donors (Lipinski definition) is 3. The molecule has 86 valence electrons. The van der Waals surface area contributed by atoms with Gasteiger partial charge in [-0.1, -0.05) is 0 Å². The summed E-state index contributed by atoms with van der Waals surface area (Å²) in [6, 6.07) is -0.105. The zero-order valence-electron chi connectivity index (χ0n) is 8.82. The Kier molecular flexibility index (Phi) is 4.25. The second-order valence-electron chi connectivity index (χ2n) is 3.46. The molecule has 0 atom stereocenters. The maximum absolute atomic E-state index is 11.3. The Labute approximate surface area is 89.7 Å². The first kappa shape index (κ1) is 12.2. The van der Waals surface area contributed by atoms with Crippen molar-refractivity contribution < 1.29 is 8.42 Å². The molecule has 7 heteroatoms. The minimum absolute atomic E-state index is 0.105. The summed E-state index contributed by atoms with van der Waals surface area (Å²) in [4.78, 5) is 6.88. The predicted octanol–water partition coefficient (Wildman–Crippen LogP) is -0.215. The molecular weight excluding hydrogens is 216 g/mol. The molecule has 1 aromatic heterocycles. The van der Waals surface area contributed by atoms with Gasteiger partial charge in [-0.05, 0) is 13.8 Å². The molecule has 6 nitrogen and oxygen atoms in total. The molecule has 0 unspecified atom stereocenters. The first-order valence-corrected chi connectivity index (χ1v) is 6.23. The molecule has 0 aliphatic rings. The van der Waals surface area contributed by atoms with E-state index in [1.807, 2.05) is 0 Å². The zero-order valence-corrected chi connectivity index (χ0v) is 9.63. The van der Waals surface area contributed by atoms with E-state index in [9.17, 15) is 8.42 Å². The molecule has 0 saturated carbocycles. The Bertz CT molecular complexity index is 371. The molecule has 0 spiro atoms. The van der Waals surface area contributed by atoms with Crippen molar-refractivity contribution in [2.75, 3.05) is 6.54 Å². The lowest BCUT2D eigenvalue weighted by atomic mass is 10.4. The largest absolute Gasteiger partial charge is 0.349 e. The number of imidazole rings is 1. The summed E-state index contributed by atoms with van der Waals surface area (Å²) in [6.07, 6.45) is 3.89. The van der Waals surface area contributed by atoms with Crippen molar-refractivity contribution in [2.24, 2.45) is 0 Å². The highest BCUT2D eigenvalue weighted by Crippen LogP contribution is 1.89. The summed E-state index contributed by atoms with van der Waals surface area (Å²) >= 11 is 0. The van der Waals surface area contributed by atoms with E-state index in [0.29, 0.717) is 13.0 Å². The van der Waals surface area contributed by atoms with Crippen LogP contribution in [0, 0.1) is 0 Å². The summed E-state index contributed by atoms with van der Waals surface area (Å²) in [5, 5.41) is 0. The summed E-state index contributed by atoms with van der Waals surface area (Å²) in [6.45, 7) is 3.87. The number of nitrogens with zero attached hydrogens (tertiary/aromatic N) is 1. The molecule has 15 heavy (non-hydrogen) atoms. The van der Waals surface area contributed by atoms with Crippen LogP contribution in [0.25, 0.3) is 0 Å². The van der Waals surface area contributed by atoms with Gasteiger partial charge in [-0.25, -0.2) is 9.71 Å². The number of H-pyrrole nitrogens is 1. The third-order valence-corrected chi connectivity index (χ3v) is 2.97. The van der Waals surface area contributed by atoms with E-state index >= 15 is 0 Å². The fourth-order valence-electron chi connectivity index (χ4n) is 1.09. The lowest BCUT2D eigenvalue weighted by Crippen LogP contribution is -2.41. The average molecular weight is 232 g/mol. The van der Waals surface area contributed by atoms with Gasteiger partial charge in [0.2, 0.25) is 0 Å². The first-order chi connectivity index (χ1) is 6.99. The van der Waals surface area contributed by atoms with Crippen molar-refractivity contribution in [2.45, 2.75) is 26.3 Å². The molecule has 0 aliphatic heterocycles. The highest BCUT2D eigenvalue weighted by Gasteiger charge is 2.10. The predicted molar refractivity (Wildman–Crippen MR) is 57.5 cm³/mol. The van der Waals surface area contributed by atoms with Crippen LogP contribution in [0.3, 0.4) is 0 Å². The van der Waals surface area contributed by atoms with Crippen LogP contribution in [-0.4, -0.2) is 31.0 Å². The topological polar surface area (TPSA) is 86.9 Å². The van der Waals surface area contributed by atoms with Gasteiger partial charge in [-0.2, -0.15) is 13.1 Å². The third-order valence-electron chi connectivity index (χ3n) is 1.60. The number of aromatic nitrogens is 2. The third kappa shape index (κ3) is 4.91. The number of aromatic amines is 1. The minimum atomic E-state index is -3.38. The van der Waals surface area contributed by atoms with Gasteiger partial charge in [0.05, 0.1) is 0 Å². The van der Waals surface area contributed by atoms with Crippen LogP contribution in [0.15, 0.2) is 12.4 Å². The fourth-order valence-corrected chi connectivity index (χ4v) is 2.17. The maximum Gasteiger partial charge on any atom is 0.277 e. The summed E-state index contributed by atoms with van der Waals surface area (Å²) in [7, 11) is -3.38. The molecule has 0 saturated heterocycles.